The summed E-state index contributed by atoms with van der Waals surface area (Å²) in [5.41, 5.74) is 0. The molecule has 0 spiro atoms. The Labute approximate surface area is 113 Å². The molecule has 0 radical (unpaired) electrons. The predicted octanol–water partition coefficient (Wildman–Crippen LogP) is 0.134. The molecule has 1 aromatic heterocycles. The number of thioether (sulfide) groups is 1. The van der Waals surface area contributed by atoms with Gasteiger partial charge in [0.25, 0.3) is 0 Å². The fourth-order valence-corrected chi connectivity index (χ4v) is 2.80. The number of aryl methyl sites for hydroxylation is 1. The van der Waals surface area contributed by atoms with E-state index in [9.17, 15) is 8.42 Å². The van der Waals surface area contributed by atoms with Crippen LogP contribution in [0.25, 0.3) is 0 Å². The van der Waals surface area contributed by atoms with Gasteiger partial charge in [-0.15, -0.1) is 0 Å². The van der Waals surface area contributed by atoms with Crippen LogP contribution in [0.5, 0.6) is 0 Å². The Hall–Kier alpha value is -0.570. The maximum absolute atomic E-state index is 11.9. The molecular weight excluding hydrogens is 272 g/mol. The molecule has 104 valence electrons. The van der Waals surface area contributed by atoms with E-state index in [2.05, 4.69) is 15.1 Å². The van der Waals surface area contributed by atoms with Gasteiger partial charge < -0.3 is 5.32 Å². The zero-order chi connectivity index (χ0) is 13.4. The Morgan fingerprint density at radius 1 is 1.44 bits per heavy atom. The molecule has 1 aromatic rings. The smallest absolute Gasteiger partial charge is 0.243 e. The van der Waals surface area contributed by atoms with Crippen LogP contribution in [0.3, 0.4) is 0 Å². The van der Waals surface area contributed by atoms with Gasteiger partial charge in [-0.25, -0.2) is 13.1 Å². The van der Waals surface area contributed by atoms with Crippen molar-refractivity contribution in [3.8, 4) is 0 Å². The van der Waals surface area contributed by atoms with Gasteiger partial charge in [-0.05, 0) is 26.3 Å². The minimum atomic E-state index is -3.40. The highest BCUT2D eigenvalue weighted by Crippen LogP contribution is 2.07. The molecule has 0 aliphatic rings. The summed E-state index contributed by atoms with van der Waals surface area (Å²) < 4.78 is 27.9. The van der Waals surface area contributed by atoms with Gasteiger partial charge >= 0.3 is 0 Å². The fraction of sp³-hybridized carbons (Fsp3) is 0.700. The number of rotatable bonds is 9. The van der Waals surface area contributed by atoms with Crippen molar-refractivity contribution in [1.82, 2.24) is 19.8 Å². The number of hydrogen-bond donors (Lipinski definition) is 2. The molecule has 0 aliphatic carbocycles. The Morgan fingerprint density at radius 3 is 2.89 bits per heavy atom. The van der Waals surface area contributed by atoms with E-state index < -0.39 is 10.0 Å². The molecule has 0 unspecified atom stereocenters. The molecule has 0 bridgehead atoms. The van der Waals surface area contributed by atoms with Crippen LogP contribution in [0.4, 0.5) is 0 Å². The topological polar surface area (TPSA) is 76.0 Å². The summed E-state index contributed by atoms with van der Waals surface area (Å²) >= 11 is 1.60. The molecule has 8 heteroatoms. The van der Waals surface area contributed by atoms with Crippen LogP contribution in [0.15, 0.2) is 17.3 Å². The van der Waals surface area contributed by atoms with Crippen LogP contribution in [-0.4, -0.2) is 50.3 Å². The van der Waals surface area contributed by atoms with E-state index in [-0.39, 0.29) is 4.90 Å². The second kappa shape index (κ2) is 7.78. The van der Waals surface area contributed by atoms with Gasteiger partial charge in [-0.1, -0.05) is 0 Å². The number of nitrogens with one attached hydrogen (secondary N) is 2. The molecule has 0 fully saturated rings. The first-order valence-electron chi connectivity index (χ1n) is 5.76. The van der Waals surface area contributed by atoms with Crippen molar-refractivity contribution in [3.63, 3.8) is 0 Å². The van der Waals surface area contributed by atoms with Gasteiger partial charge in [0.15, 0.2) is 0 Å². The number of aromatic nitrogens is 2. The van der Waals surface area contributed by atoms with E-state index in [1.165, 1.54) is 6.20 Å². The lowest BCUT2D eigenvalue weighted by atomic mass is 10.4. The average Bonchev–Trinajstić information content (AvgIpc) is 2.79. The SMILES string of the molecule is CNCCCn1cc(S(=O)(=O)NCCSC)cn1. The standard InChI is InChI=1S/C10H20N4O2S2/c1-11-4-3-6-14-9-10(8-12-14)18(15,16)13-5-7-17-2/h8-9,11,13H,3-7H2,1-2H3. The molecule has 0 atom stereocenters. The van der Waals surface area contributed by atoms with Crippen molar-refractivity contribution in [2.75, 3.05) is 32.1 Å². The quantitative estimate of drug-likeness (QED) is 0.633. The lowest BCUT2D eigenvalue weighted by Gasteiger charge is -2.03. The van der Waals surface area contributed by atoms with Gasteiger partial charge in [0.1, 0.15) is 4.90 Å². The Kier molecular flexibility index (Phi) is 6.69. The molecule has 18 heavy (non-hydrogen) atoms. The van der Waals surface area contributed by atoms with Crippen LogP contribution in [-0.2, 0) is 16.6 Å². The normalized spacial score (nSPS) is 11.9. The van der Waals surface area contributed by atoms with Crippen LogP contribution in [0, 0.1) is 0 Å². The summed E-state index contributed by atoms with van der Waals surface area (Å²) in [6.07, 6.45) is 5.81. The van der Waals surface area contributed by atoms with Crippen molar-refractivity contribution in [2.24, 2.45) is 0 Å². The first kappa shape index (κ1) is 15.5. The zero-order valence-corrected chi connectivity index (χ0v) is 12.4. The summed E-state index contributed by atoms with van der Waals surface area (Å²) in [7, 11) is -1.52. The molecule has 1 rings (SSSR count). The van der Waals surface area contributed by atoms with Crippen LogP contribution in [0.2, 0.25) is 0 Å². The van der Waals surface area contributed by atoms with Gasteiger partial charge in [0.05, 0.1) is 6.20 Å². The molecule has 0 saturated heterocycles. The highest BCUT2D eigenvalue weighted by Gasteiger charge is 2.15. The Bertz CT molecular complexity index is 444. The highest BCUT2D eigenvalue weighted by molar-refractivity contribution is 7.98. The molecule has 1 heterocycles. The average molecular weight is 292 g/mol. The number of sulfonamides is 1. The summed E-state index contributed by atoms with van der Waals surface area (Å²) in [6.45, 7) is 2.03. The van der Waals surface area contributed by atoms with E-state index >= 15 is 0 Å². The molecule has 0 aliphatic heterocycles. The van der Waals surface area contributed by atoms with Gasteiger partial charge in [-0.2, -0.15) is 16.9 Å². The number of nitrogens with zero attached hydrogens (tertiary/aromatic N) is 2. The fourth-order valence-electron chi connectivity index (χ4n) is 1.38. The first-order chi connectivity index (χ1) is 8.60. The van der Waals surface area contributed by atoms with E-state index in [4.69, 9.17) is 0 Å². The monoisotopic (exact) mass is 292 g/mol. The van der Waals surface area contributed by atoms with Gasteiger partial charge in [0, 0.05) is 25.0 Å². The molecule has 0 aromatic carbocycles. The molecule has 0 amide bonds. The second-order valence-corrected chi connectivity index (χ2v) is 6.54. The second-order valence-electron chi connectivity index (χ2n) is 3.79. The summed E-state index contributed by atoms with van der Waals surface area (Å²) in [4.78, 5) is 0.230. The maximum atomic E-state index is 11.9. The van der Waals surface area contributed by atoms with E-state index in [1.54, 1.807) is 22.6 Å². The van der Waals surface area contributed by atoms with Crippen molar-refractivity contribution >= 4 is 21.8 Å². The van der Waals surface area contributed by atoms with Crippen molar-refractivity contribution < 1.29 is 8.42 Å². The van der Waals surface area contributed by atoms with Crippen molar-refractivity contribution in [3.05, 3.63) is 12.4 Å². The minimum absolute atomic E-state index is 0.230. The molecular formula is C10H20N4O2S2. The van der Waals surface area contributed by atoms with Crippen LogP contribution >= 0.6 is 11.8 Å². The first-order valence-corrected chi connectivity index (χ1v) is 8.63. The third kappa shape index (κ3) is 4.97. The molecule has 0 saturated carbocycles. The van der Waals surface area contributed by atoms with Crippen LogP contribution < -0.4 is 10.0 Å². The molecule has 2 N–H and O–H groups in total. The van der Waals surface area contributed by atoms with E-state index in [0.717, 1.165) is 18.7 Å². The van der Waals surface area contributed by atoms with Crippen molar-refractivity contribution in [1.29, 1.82) is 0 Å². The van der Waals surface area contributed by atoms with Crippen molar-refractivity contribution in [2.45, 2.75) is 17.9 Å². The largest absolute Gasteiger partial charge is 0.320 e. The summed E-state index contributed by atoms with van der Waals surface area (Å²) in [5, 5.41) is 7.08. The predicted molar refractivity (Wildman–Crippen MR) is 74.3 cm³/mol. The van der Waals surface area contributed by atoms with E-state index in [0.29, 0.717) is 13.1 Å². The summed E-state index contributed by atoms with van der Waals surface area (Å²) in [5.74, 6) is 0.759. The third-order valence-electron chi connectivity index (χ3n) is 2.33. The van der Waals surface area contributed by atoms with Gasteiger partial charge in [-0.3, -0.25) is 4.68 Å². The van der Waals surface area contributed by atoms with Crippen LogP contribution in [0.1, 0.15) is 6.42 Å². The molecule has 6 nitrogen and oxygen atoms in total. The Balaban J connectivity index is 2.55. The van der Waals surface area contributed by atoms with Gasteiger partial charge in [0.2, 0.25) is 10.0 Å². The third-order valence-corrected chi connectivity index (χ3v) is 4.36. The highest BCUT2D eigenvalue weighted by atomic mass is 32.2. The lowest BCUT2D eigenvalue weighted by molar-refractivity contribution is 0.560. The minimum Gasteiger partial charge on any atom is -0.320 e. The summed E-state index contributed by atoms with van der Waals surface area (Å²) in [6, 6.07) is 0. The number of hydrogen-bond acceptors (Lipinski definition) is 5. The zero-order valence-electron chi connectivity index (χ0n) is 10.7. The lowest BCUT2D eigenvalue weighted by Crippen LogP contribution is -2.25. The van der Waals surface area contributed by atoms with E-state index in [1.807, 2.05) is 13.3 Å². The maximum Gasteiger partial charge on any atom is 0.243 e. The Morgan fingerprint density at radius 2 is 2.22 bits per heavy atom.